The molecule has 5 nitrogen and oxygen atoms in total. The fraction of sp³-hybridized carbons (Fsp3) is 0.600. The number of hydrogen-bond acceptors (Lipinski definition) is 2. The molecule has 4 rings (SSSR count). The summed E-state index contributed by atoms with van der Waals surface area (Å²) in [5.74, 6) is 2.23. The van der Waals surface area contributed by atoms with Crippen LogP contribution in [0.15, 0.2) is 30.3 Å². The Morgan fingerprint density at radius 1 is 1.04 bits per heavy atom. The van der Waals surface area contributed by atoms with Gasteiger partial charge in [0.25, 0.3) is 0 Å². The monoisotopic (exact) mass is 341 g/mol. The molecule has 5 heteroatoms. The van der Waals surface area contributed by atoms with Crippen molar-refractivity contribution in [3.8, 4) is 0 Å². The third kappa shape index (κ3) is 3.65. The maximum atomic E-state index is 12.4. The number of carbonyl (C=O) groups is 2. The second-order valence-corrected chi connectivity index (χ2v) is 7.83. The molecular weight excluding hydrogens is 314 g/mol. The second kappa shape index (κ2) is 6.70. The highest BCUT2D eigenvalue weighted by atomic mass is 16.2. The zero-order chi connectivity index (χ0) is 17.4. The van der Waals surface area contributed by atoms with Crippen LogP contribution in [0.2, 0.25) is 0 Å². The first-order valence-corrected chi connectivity index (χ1v) is 9.50. The summed E-state index contributed by atoms with van der Waals surface area (Å²) in [7, 11) is 0. The van der Waals surface area contributed by atoms with Crippen molar-refractivity contribution in [3.63, 3.8) is 0 Å². The van der Waals surface area contributed by atoms with Crippen LogP contribution >= 0.6 is 0 Å². The van der Waals surface area contributed by atoms with Gasteiger partial charge in [0.1, 0.15) is 0 Å². The molecule has 2 aliphatic carbocycles. The Balaban J connectivity index is 1.18. The predicted octanol–water partition coefficient (Wildman–Crippen LogP) is 2.30. The normalized spacial score (nSPS) is 30.8. The highest BCUT2D eigenvalue weighted by molar-refractivity contribution is 5.82. The van der Waals surface area contributed by atoms with Crippen molar-refractivity contribution in [2.24, 2.45) is 17.8 Å². The molecule has 0 bridgehead atoms. The average Bonchev–Trinajstić information content (AvgIpc) is 3.57. The summed E-state index contributed by atoms with van der Waals surface area (Å²) in [6, 6.07) is 10.5. The van der Waals surface area contributed by atoms with E-state index >= 15 is 0 Å². The molecule has 4 atom stereocenters. The summed E-state index contributed by atoms with van der Waals surface area (Å²) >= 11 is 0. The lowest BCUT2D eigenvalue weighted by Gasteiger charge is -2.35. The maximum Gasteiger partial charge on any atom is 0.317 e. The lowest BCUT2D eigenvalue weighted by Crippen LogP contribution is -2.53. The van der Waals surface area contributed by atoms with E-state index in [0.717, 1.165) is 19.4 Å². The second-order valence-electron chi connectivity index (χ2n) is 7.83. The van der Waals surface area contributed by atoms with Crippen molar-refractivity contribution in [3.05, 3.63) is 35.9 Å². The van der Waals surface area contributed by atoms with Gasteiger partial charge in [0.2, 0.25) is 5.91 Å². The quantitative estimate of drug-likeness (QED) is 0.914. The number of rotatable bonds is 4. The molecule has 3 amide bonds. The smallest absolute Gasteiger partial charge is 0.317 e. The number of amides is 3. The predicted molar refractivity (Wildman–Crippen MR) is 96.1 cm³/mol. The zero-order valence-electron chi connectivity index (χ0n) is 14.9. The van der Waals surface area contributed by atoms with Gasteiger partial charge in [0, 0.05) is 38.6 Å². The Kier molecular flexibility index (Phi) is 4.40. The minimum atomic E-state index is 0.0191. The van der Waals surface area contributed by atoms with E-state index in [-0.39, 0.29) is 17.9 Å². The Bertz CT molecular complexity index is 640. The topological polar surface area (TPSA) is 52.7 Å². The largest absolute Gasteiger partial charge is 0.339 e. The van der Waals surface area contributed by atoms with E-state index in [1.807, 2.05) is 15.9 Å². The third-order valence-electron chi connectivity index (χ3n) is 5.97. The molecule has 0 aromatic heterocycles. The van der Waals surface area contributed by atoms with Crippen molar-refractivity contribution >= 4 is 11.9 Å². The van der Waals surface area contributed by atoms with Gasteiger partial charge in [-0.3, -0.25) is 4.79 Å². The van der Waals surface area contributed by atoms with E-state index in [1.54, 1.807) is 0 Å². The van der Waals surface area contributed by atoms with Gasteiger partial charge in [0.15, 0.2) is 0 Å². The fourth-order valence-electron chi connectivity index (χ4n) is 3.94. The van der Waals surface area contributed by atoms with Gasteiger partial charge in [-0.15, -0.1) is 0 Å². The number of urea groups is 1. The number of nitrogens with zero attached hydrogens (tertiary/aromatic N) is 2. The lowest BCUT2D eigenvalue weighted by atomic mass is 10.1. The molecule has 1 saturated heterocycles. The first-order valence-electron chi connectivity index (χ1n) is 9.50. The van der Waals surface area contributed by atoms with E-state index in [1.165, 1.54) is 5.56 Å². The van der Waals surface area contributed by atoms with Crippen LogP contribution in [0.5, 0.6) is 0 Å². The zero-order valence-corrected chi connectivity index (χ0v) is 14.9. The average molecular weight is 341 g/mol. The molecule has 3 fully saturated rings. The summed E-state index contributed by atoms with van der Waals surface area (Å²) in [5, 5.41) is 3.08. The van der Waals surface area contributed by atoms with Gasteiger partial charge in [0.05, 0.1) is 0 Å². The number of piperazine rings is 1. The van der Waals surface area contributed by atoms with Gasteiger partial charge >= 0.3 is 6.03 Å². The standard InChI is InChI=1S/C20H27N3O2/c1-14-11-17(14)19(24)22-7-9-23(10-8-22)20(25)21-13-16-12-18(16)15-5-3-2-4-6-15/h2-6,14,16-18H,7-13H2,1H3,(H,21,25)/t14-,16+,17+,18-/m1/s1. The highest BCUT2D eigenvalue weighted by Gasteiger charge is 2.42. The van der Waals surface area contributed by atoms with Crippen molar-refractivity contribution in [2.45, 2.75) is 25.7 Å². The van der Waals surface area contributed by atoms with Crippen LogP contribution in [0.1, 0.15) is 31.2 Å². The Morgan fingerprint density at radius 3 is 2.32 bits per heavy atom. The van der Waals surface area contributed by atoms with Crippen LogP contribution in [0.3, 0.4) is 0 Å². The minimum Gasteiger partial charge on any atom is -0.339 e. The molecule has 1 N–H and O–H groups in total. The van der Waals surface area contributed by atoms with Gasteiger partial charge in [-0.25, -0.2) is 4.79 Å². The SMILES string of the molecule is C[C@@H]1C[C@@H]1C(=O)N1CCN(C(=O)NC[C@@H]2C[C@@H]2c2ccccc2)CC1. The molecule has 1 aliphatic heterocycles. The van der Waals surface area contributed by atoms with Gasteiger partial charge in [-0.1, -0.05) is 37.3 Å². The van der Waals surface area contributed by atoms with E-state index in [0.29, 0.717) is 43.9 Å². The lowest BCUT2D eigenvalue weighted by molar-refractivity contribution is -0.134. The summed E-state index contributed by atoms with van der Waals surface area (Å²) in [6.07, 6.45) is 2.19. The number of nitrogens with one attached hydrogen (secondary N) is 1. The molecular formula is C20H27N3O2. The number of hydrogen-bond donors (Lipinski definition) is 1. The first kappa shape index (κ1) is 16.4. The van der Waals surface area contributed by atoms with Gasteiger partial charge < -0.3 is 15.1 Å². The van der Waals surface area contributed by atoms with Crippen LogP contribution in [-0.4, -0.2) is 54.5 Å². The molecule has 0 radical (unpaired) electrons. The number of carbonyl (C=O) groups excluding carboxylic acids is 2. The van der Waals surface area contributed by atoms with E-state index in [9.17, 15) is 9.59 Å². The molecule has 1 heterocycles. The molecule has 1 aromatic rings. The third-order valence-corrected chi connectivity index (χ3v) is 5.97. The fourth-order valence-corrected chi connectivity index (χ4v) is 3.94. The van der Waals surface area contributed by atoms with E-state index < -0.39 is 0 Å². The molecule has 3 aliphatic rings. The molecule has 25 heavy (non-hydrogen) atoms. The Labute approximate surface area is 149 Å². The summed E-state index contributed by atoms with van der Waals surface area (Å²) in [4.78, 5) is 28.4. The minimum absolute atomic E-state index is 0.0191. The Hall–Kier alpha value is -2.04. The summed E-state index contributed by atoms with van der Waals surface area (Å²) < 4.78 is 0. The van der Waals surface area contributed by atoms with Crippen LogP contribution in [0.4, 0.5) is 4.79 Å². The van der Waals surface area contributed by atoms with Crippen LogP contribution in [-0.2, 0) is 4.79 Å². The van der Waals surface area contributed by atoms with E-state index in [4.69, 9.17) is 0 Å². The maximum absolute atomic E-state index is 12.4. The van der Waals surface area contributed by atoms with Crippen molar-refractivity contribution < 1.29 is 9.59 Å². The Morgan fingerprint density at radius 2 is 1.68 bits per heavy atom. The van der Waals surface area contributed by atoms with Crippen LogP contribution in [0.25, 0.3) is 0 Å². The van der Waals surface area contributed by atoms with Crippen molar-refractivity contribution in [2.75, 3.05) is 32.7 Å². The molecule has 134 valence electrons. The van der Waals surface area contributed by atoms with E-state index in [2.05, 4.69) is 36.5 Å². The van der Waals surface area contributed by atoms with Crippen molar-refractivity contribution in [1.29, 1.82) is 0 Å². The highest BCUT2D eigenvalue weighted by Crippen LogP contribution is 2.46. The number of benzene rings is 1. The molecule has 0 unspecified atom stereocenters. The summed E-state index contributed by atoms with van der Waals surface area (Å²) in [6.45, 7) is 5.51. The molecule has 2 saturated carbocycles. The van der Waals surface area contributed by atoms with Gasteiger partial charge in [-0.2, -0.15) is 0 Å². The first-order chi connectivity index (χ1) is 12.1. The van der Waals surface area contributed by atoms with Crippen LogP contribution < -0.4 is 5.32 Å². The molecule has 1 aromatic carbocycles. The van der Waals surface area contributed by atoms with Crippen LogP contribution in [0, 0.1) is 17.8 Å². The van der Waals surface area contributed by atoms with Crippen molar-refractivity contribution in [1.82, 2.24) is 15.1 Å². The summed E-state index contributed by atoms with van der Waals surface area (Å²) in [5.41, 5.74) is 1.38. The van der Waals surface area contributed by atoms with Gasteiger partial charge in [-0.05, 0) is 36.2 Å². The molecule has 0 spiro atoms.